The molecule has 210 valence electrons. The number of fused-ring (bicyclic) bond motifs is 3. The Labute approximate surface area is 240 Å². The second-order valence-corrected chi connectivity index (χ2v) is 13.6. The van der Waals surface area contributed by atoms with E-state index in [-0.39, 0.29) is 23.9 Å². The molecule has 1 N–H and O–H groups in total. The zero-order valence-electron chi connectivity index (χ0n) is 22.5. The molecule has 1 saturated carbocycles. The summed E-state index contributed by atoms with van der Waals surface area (Å²) in [6, 6.07) is 9.47. The fourth-order valence-corrected chi connectivity index (χ4v) is 8.00. The van der Waals surface area contributed by atoms with Crippen molar-refractivity contribution in [2.45, 2.75) is 63.5 Å². The number of hydrogen-bond acceptors (Lipinski definition) is 6. The Hall–Kier alpha value is -3.00. The second-order valence-electron chi connectivity index (χ2n) is 11.4. The number of likely N-dealkylation sites (tertiary alicyclic amines) is 1. The smallest absolute Gasteiger partial charge is 0.272 e. The highest BCUT2D eigenvalue weighted by atomic mass is 35.5. The molecule has 3 heterocycles. The van der Waals surface area contributed by atoms with Gasteiger partial charge in [-0.15, -0.1) is 0 Å². The summed E-state index contributed by atoms with van der Waals surface area (Å²) in [7, 11) is -3.27. The average Bonchev–Trinajstić information content (AvgIpc) is 3.60. The van der Waals surface area contributed by atoms with E-state index in [1.165, 1.54) is 25.7 Å². The van der Waals surface area contributed by atoms with Crippen LogP contribution in [0.25, 0.3) is 4.85 Å². The Balaban J connectivity index is 1.25. The lowest BCUT2D eigenvalue weighted by atomic mass is 9.76. The minimum absolute atomic E-state index is 0.115. The van der Waals surface area contributed by atoms with Gasteiger partial charge in [0.25, 0.3) is 5.91 Å². The lowest BCUT2D eigenvalue weighted by Crippen LogP contribution is -2.46. The molecule has 1 aromatic carbocycles. The van der Waals surface area contributed by atoms with Gasteiger partial charge in [0.2, 0.25) is 15.7 Å². The number of nitrogens with one attached hydrogen (secondary N) is 1. The normalized spacial score (nSPS) is 23.5. The third-order valence-electron chi connectivity index (χ3n) is 8.78. The number of sulfonamides is 1. The number of aromatic nitrogens is 1. The monoisotopic (exact) mass is 580 g/mol. The molecule has 6 rings (SSSR count). The number of carbonyl (C=O) groups excluding carboxylic acids is 1. The van der Waals surface area contributed by atoms with Gasteiger partial charge in [-0.05, 0) is 68.7 Å². The van der Waals surface area contributed by atoms with Gasteiger partial charge in [0, 0.05) is 35.6 Å². The molecule has 0 radical (unpaired) electrons. The van der Waals surface area contributed by atoms with Crippen molar-refractivity contribution >= 4 is 44.6 Å². The van der Waals surface area contributed by atoms with Gasteiger partial charge >= 0.3 is 0 Å². The van der Waals surface area contributed by atoms with Crippen LogP contribution in [-0.2, 0) is 16.4 Å². The topological polar surface area (TPSA) is 99.3 Å². The van der Waals surface area contributed by atoms with Gasteiger partial charge in [-0.25, -0.2) is 23.0 Å². The van der Waals surface area contributed by atoms with E-state index >= 15 is 0 Å². The highest BCUT2D eigenvalue weighted by Gasteiger charge is 2.46. The zero-order valence-corrected chi connectivity index (χ0v) is 24.1. The molecule has 2 atom stereocenters. The predicted molar refractivity (Wildman–Crippen MR) is 155 cm³/mol. The molecule has 1 saturated heterocycles. The van der Waals surface area contributed by atoms with Crippen LogP contribution in [0.1, 0.15) is 66.7 Å². The largest absolute Gasteiger partial charge is 0.337 e. The fourth-order valence-electron chi connectivity index (χ4n) is 6.94. The minimum atomic E-state index is -3.27. The van der Waals surface area contributed by atoms with E-state index in [1.807, 2.05) is 24.3 Å². The molecule has 1 amide bonds. The summed E-state index contributed by atoms with van der Waals surface area (Å²) in [6.45, 7) is 8.33. The SMILES string of the molecule is [C-]#[N+]c1ccc(N2N=C3c4ccc(C(=O)N5CCC(NS(C)(=O)=O)CC5)nc4CCC3C2C2CCCC2)cc1Cl. The van der Waals surface area contributed by atoms with Gasteiger partial charge in [0.15, 0.2) is 0 Å². The number of benzene rings is 1. The van der Waals surface area contributed by atoms with E-state index in [2.05, 4.69) is 14.6 Å². The molecule has 2 aliphatic heterocycles. The Morgan fingerprint density at radius 2 is 1.85 bits per heavy atom. The summed E-state index contributed by atoms with van der Waals surface area (Å²) in [6.07, 6.45) is 8.88. The summed E-state index contributed by atoms with van der Waals surface area (Å²) >= 11 is 6.43. The van der Waals surface area contributed by atoms with Gasteiger partial charge < -0.3 is 4.90 Å². The first-order valence-electron chi connectivity index (χ1n) is 14.0. The van der Waals surface area contributed by atoms with Crippen LogP contribution in [0.5, 0.6) is 0 Å². The standard InChI is InChI=1S/C29H33ClN6O3S/c1-31-25-10-7-20(17-23(25)30)36-28(18-5-3-4-6-18)22-9-11-24-21(27(22)33-36)8-12-26(32-24)29(37)35-15-13-19(14-16-35)34-40(2,38)39/h7-8,10,12,17-19,22,28,34H,3-6,9,11,13-16H2,2H3. The molecule has 2 unspecified atom stereocenters. The molecule has 1 aromatic heterocycles. The number of rotatable bonds is 5. The number of piperidine rings is 1. The minimum Gasteiger partial charge on any atom is -0.337 e. The van der Waals surface area contributed by atoms with Crippen LogP contribution in [0.2, 0.25) is 5.02 Å². The van der Waals surface area contributed by atoms with Crippen molar-refractivity contribution in [3.8, 4) is 0 Å². The van der Waals surface area contributed by atoms with Gasteiger partial charge in [0.05, 0.1) is 36.0 Å². The van der Waals surface area contributed by atoms with Crippen LogP contribution in [0.15, 0.2) is 35.4 Å². The van der Waals surface area contributed by atoms with Gasteiger partial charge in [-0.1, -0.05) is 30.5 Å². The van der Waals surface area contributed by atoms with E-state index in [4.69, 9.17) is 28.3 Å². The number of halogens is 1. The molecule has 11 heteroatoms. The highest BCUT2D eigenvalue weighted by Crippen LogP contribution is 2.45. The van der Waals surface area contributed by atoms with Crippen LogP contribution in [0, 0.1) is 18.4 Å². The first kappa shape index (κ1) is 27.2. The summed E-state index contributed by atoms with van der Waals surface area (Å²) in [5, 5.41) is 7.74. The summed E-state index contributed by atoms with van der Waals surface area (Å²) < 4.78 is 25.8. The Morgan fingerprint density at radius 1 is 1.10 bits per heavy atom. The molecule has 2 aliphatic carbocycles. The number of amides is 1. The number of pyridine rings is 1. The van der Waals surface area contributed by atoms with Crippen molar-refractivity contribution in [2.24, 2.45) is 16.9 Å². The molecule has 0 bridgehead atoms. The predicted octanol–water partition coefficient (Wildman–Crippen LogP) is 4.79. The fraction of sp³-hybridized carbons (Fsp3) is 0.517. The molecule has 9 nitrogen and oxygen atoms in total. The number of anilines is 1. The number of hydrogen-bond donors (Lipinski definition) is 1. The molecular weight excluding hydrogens is 548 g/mol. The summed E-state index contributed by atoms with van der Waals surface area (Å²) in [4.78, 5) is 23.4. The van der Waals surface area contributed by atoms with Crippen molar-refractivity contribution in [3.63, 3.8) is 0 Å². The second kappa shape index (κ2) is 10.8. The highest BCUT2D eigenvalue weighted by molar-refractivity contribution is 7.88. The van der Waals surface area contributed by atoms with Crippen molar-refractivity contribution in [1.29, 1.82) is 0 Å². The van der Waals surface area contributed by atoms with E-state index < -0.39 is 10.0 Å². The van der Waals surface area contributed by atoms with E-state index in [0.717, 1.165) is 41.8 Å². The molecule has 40 heavy (non-hydrogen) atoms. The number of hydrazone groups is 1. The van der Waals surface area contributed by atoms with Crippen LogP contribution >= 0.6 is 11.6 Å². The Kier molecular flexibility index (Phi) is 7.32. The molecule has 0 spiro atoms. The third kappa shape index (κ3) is 5.22. The number of aryl methyl sites for hydroxylation is 1. The van der Waals surface area contributed by atoms with E-state index in [1.54, 1.807) is 11.0 Å². The average molecular weight is 581 g/mol. The van der Waals surface area contributed by atoms with E-state index in [9.17, 15) is 13.2 Å². The lowest BCUT2D eigenvalue weighted by Gasteiger charge is -2.34. The van der Waals surface area contributed by atoms with Crippen LogP contribution < -0.4 is 9.73 Å². The molecule has 2 fully saturated rings. The molecule has 4 aliphatic rings. The summed E-state index contributed by atoms with van der Waals surface area (Å²) in [5.74, 6) is 0.705. The van der Waals surface area contributed by atoms with Crippen LogP contribution in [0.3, 0.4) is 0 Å². The van der Waals surface area contributed by atoms with Gasteiger partial charge in [0.1, 0.15) is 5.69 Å². The summed E-state index contributed by atoms with van der Waals surface area (Å²) in [5.41, 5.74) is 4.72. The van der Waals surface area contributed by atoms with Crippen molar-refractivity contribution in [2.75, 3.05) is 24.4 Å². The molecule has 2 aromatic rings. The first-order chi connectivity index (χ1) is 19.2. The quantitative estimate of drug-likeness (QED) is 0.513. The molecular formula is C29H33ClN6O3S. The van der Waals surface area contributed by atoms with Crippen molar-refractivity contribution in [3.05, 3.63) is 63.7 Å². The third-order valence-corrected chi connectivity index (χ3v) is 9.85. The first-order valence-corrected chi connectivity index (χ1v) is 16.3. The van der Waals surface area contributed by atoms with Crippen molar-refractivity contribution in [1.82, 2.24) is 14.6 Å². The van der Waals surface area contributed by atoms with E-state index in [0.29, 0.717) is 48.3 Å². The lowest BCUT2D eigenvalue weighted by molar-refractivity contribution is 0.0705. The maximum atomic E-state index is 13.3. The maximum Gasteiger partial charge on any atom is 0.272 e. The number of nitrogens with zero attached hydrogens (tertiary/aromatic N) is 5. The van der Waals surface area contributed by atoms with Crippen LogP contribution in [0.4, 0.5) is 11.4 Å². The van der Waals surface area contributed by atoms with Gasteiger partial charge in [-0.2, -0.15) is 5.10 Å². The van der Waals surface area contributed by atoms with Crippen molar-refractivity contribution < 1.29 is 13.2 Å². The number of carbonyl (C=O) groups is 1. The Bertz CT molecular complexity index is 1510. The van der Waals surface area contributed by atoms with Crippen LogP contribution in [-0.4, -0.2) is 61.3 Å². The zero-order chi connectivity index (χ0) is 28.0. The maximum absolute atomic E-state index is 13.3. The van der Waals surface area contributed by atoms with Gasteiger partial charge in [-0.3, -0.25) is 9.80 Å². The Morgan fingerprint density at radius 3 is 2.52 bits per heavy atom.